The molecule has 1 fully saturated rings. The lowest BCUT2D eigenvalue weighted by Gasteiger charge is -2.14. The highest BCUT2D eigenvalue weighted by Crippen LogP contribution is 2.35. The van der Waals surface area contributed by atoms with Crippen LogP contribution < -0.4 is 14.8 Å². The van der Waals surface area contributed by atoms with Gasteiger partial charge in [-0.1, -0.05) is 23.7 Å². The van der Waals surface area contributed by atoms with E-state index >= 15 is 0 Å². The molecule has 1 aliphatic rings. The van der Waals surface area contributed by atoms with Gasteiger partial charge in [-0.25, -0.2) is 0 Å². The SMILES string of the molecule is COc1cc(/C=C2\SC(=O)N(CC(=O)Nc3cc(Cl)ccc3C)C2=O)ccc1OC(F)F. The molecule has 3 rings (SSSR count). The maximum atomic E-state index is 12.7. The van der Waals surface area contributed by atoms with Gasteiger partial charge in [0.25, 0.3) is 11.1 Å². The fourth-order valence-electron chi connectivity index (χ4n) is 2.82. The maximum Gasteiger partial charge on any atom is 0.387 e. The number of thioether (sulfide) groups is 1. The Bertz CT molecular complexity index is 1110. The molecule has 2 aromatic carbocycles. The smallest absolute Gasteiger partial charge is 0.387 e. The van der Waals surface area contributed by atoms with Crippen LogP contribution in [-0.4, -0.2) is 42.2 Å². The van der Waals surface area contributed by atoms with E-state index < -0.39 is 30.2 Å². The van der Waals surface area contributed by atoms with Crippen molar-refractivity contribution in [3.8, 4) is 11.5 Å². The molecule has 0 aromatic heterocycles. The van der Waals surface area contributed by atoms with Crippen LogP contribution in [0.25, 0.3) is 6.08 Å². The number of hydrogen-bond donors (Lipinski definition) is 1. The average molecular weight is 483 g/mol. The molecule has 11 heteroatoms. The van der Waals surface area contributed by atoms with Gasteiger partial charge in [0.2, 0.25) is 5.91 Å². The fraction of sp³-hybridized carbons (Fsp3) is 0.190. The van der Waals surface area contributed by atoms with Gasteiger partial charge in [0.15, 0.2) is 11.5 Å². The first-order valence-electron chi connectivity index (χ1n) is 9.12. The molecule has 7 nitrogen and oxygen atoms in total. The summed E-state index contributed by atoms with van der Waals surface area (Å²) in [6.07, 6.45) is 1.40. The molecule has 1 heterocycles. The van der Waals surface area contributed by atoms with Crippen LogP contribution in [0.3, 0.4) is 0 Å². The number of nitrogens with one attached hydrogen (secondary N) is 1. The number of aryl methyl sites for hydroxylation is 1. The minimum Gasteiger partial charge on any atom is -0.493 e. The van der Waals surface area contributed by atoms with Crippen molar-refractivity contribution in [2.45, 2.75) is 13.5 Å². The van der Waals surface area contributed by atoms with E-state index in [0.29, 0.717) is 28.0 Å². The third kappa shape index (κ3) is 5.57. The predicted molar refractivity (Wildman–Crippen MR) is 117 cm³/mol. The molecule has 1 saturated heterocycles. The van der Waals surface area contributed by atoms with Crippen molar-refractivity contribution < 1.29 is 32.6 Å². The molecular formula is C21H17ClF2N2O5S. The molecule has 168 valence electrons. The molecule has 2 aromatic rings. The summed E-state index contributed by atoms with van der Waals surface area (Å²) < 4.78 is 34.3. The summed E-state index contributed by atoms with van der Waals surface area (Å²) in [6, 6.07) is 9.06. The zero-order valence-electron chi connectivity index (χ0n) is 16.9. The van der Waals surface area contributed by atoms with Crippen LogP contribution in [0.1, 0.15) is 11.1 Å². The van der Waals surface area contributed by atoms with Gasteiger partial charge in [0.05, 0.1) is 12.0 Å². The second-order valence-corrected chi connectivity index (χ2v) is 7.99. The Kier molecular flexibility index (Phi) is 7.37. The quantitative estimate of drug-likeness (QED) is 0.563. The summed E-state index contributed by atoms with van der Waals surface area (Å²) >= 11 is 6.60. The summed E-state index contributed by atoms with van der Waals surface area (Å²) in [4.78, 5) is 38.2. The number of nitrogens with zero attached hydrogens (tertiary/aromatic N) is 1. The molecule has 1 N–H and O–H groups in total. The van der Waals surface area contributed by atoms with E-state index in [9.17, 15) is 23.2 Å². The first-order chi connectivity index (χ1) is 15.2. The van der Waals surface area contributed by atoms with Gasteiger partial charge in [0, 0.05) is 10.7 Å². The molecule has 32 heavy (non-hydrogen) atoms. The Hall–Kier alpha value is -3.11. The lowest BCUT2D eigenvalue weighted by Crippen LogP contribution is -2.36. The number of alkyl halides is 2. The van der Waals surface area contributed by atoms with Gasteiger partial charge < -0.3 is 14.8 Å². The molecule has 0 bridgehead atoms. The van der Waals surface area contributed by atoms with E-state index in [4.69, 9.17) is 16.3 Å². The normalized spacial score (nSPS) is 14.9. The van der Waals surface area contributed by atoms with Crippen LogP contribution in [0.2, 0.25) is 5.02 Å². The van der Waals surface area contributed by atoms with Crippen LogP contribution in [-0.2, 0) is 9.59 Å². The zero-order chi connectivity index (χ0) is 23.4. The minimum absolute atomic E-state index is 0.0366. The van der Waals surface area contributed by atoms with Gasteiger partial charge in [-0.3, -0.25) is 19.3 Å². The van der Waals surface area contributed by atoms with E-state index in [0.717, 1.165) is 10.5 Å². The molecular weight excluding hydrogens is 466 g/mol. The summed E-state index contributed by atoms with van der Waals surface area (Å²) in [5.74, 6) is -1.34. The monoisotopic (exact) mass is 482 g/mol. The van der Waals surface area contributed by atoms with Crippen LogP contribution in [0.5, 0.6) is 11.5 Å². The number of benzene rings is 2. The van der Waals surface area contributed by atoms with Crippen LogP contribution >= 0.6 is 23.4 Å². The van der Waals surface area contributed by atoms with Gasteiger partial charge >= 0.3 is 6.61 Å². The number of methoxy groups -OCH3 is 1. The Balaban J connectivity index is 1.73. The lowest BCUT2D eigenvalue weighted by atomic mass is 10.2. The number of amides is 3. The van der Waals surface area contributed by atoms with Gasteiger partial charge in [-0.2, -0.15) is 8.78 Å². The third-order valence-corrected chi connectivity index (χ3v) is 5.49. The first kappa shape index (κ1) is 23.6. The topological polar surface area (TPSA) is 84.9 Å². The van der Waals surface area contributed by atoms with E-state index in [2.05, 4.69) is 10.1 Å². The Labute approximate surface area is 191 Å². The first-order valence-corrected chi connectivity index (χ1v) is 10.3. The van der Waals surface area contributed by atoms with Crippen molar-refractivity contribution in [2.75, 3.05) is 19.0 Å². The highest BCUT2D eigenvalue weighted by atomic mass is 35.5. The number of carbonyl (C=O) groups is 3. The van der Waals surface area contributed by atoms with Crippen LogP contribution in [0.15, 0.2) is 41.3 Å². The number of carbonyl (C=O) groups excluding carboxylic acids is 3. The number of ether oxygens (including phenoxy) is 2. The summed E-state index contributed by atoms with van der Waals surface area (Å²) in [5.41, 5.74) is 1.67. The highest BCUT2D eigenvalue weighted by molar-refractivity contribution is 8.18. The second-order valence-electron chi connectivity index (χ2n) is 6.56. The Morgan fingerprint density at radius 2 is 1.97 bits per heavy atom. The van der Waals surface area contributed by atoms with Crippen molar-refractivity contribution in [1.82, 2.24) is 4.90 Å². The van der Waals surface area contributed by atoms with Crippen molar-refractivity contribution in [1.29, 1.82) is 0 Å². The number of halogens is 3. The van der Waals surface area contributed by atoms with Gasteiger partial charge in [0.1, 0.15) is 6.54 Å². The van der Waals surface area contributed by atoms with Crippen molar-refractivity contribution >= 4 is 52.2 Å². The lowest BCUT2D eigenvalue weighted by molar-refractivity contribution is -0.127. The molecule has 0 radical (unpaired) electrons. The van der Waals surface area contributed by atoms with Crippen molar-refractivity contribution in [3.05, 3.63) is 57.5 Å². The van der Waals surface area contributed by atoms with Crippen molar-refractivity contribution in [3.63, 3.8) is 0 Å². The molecule has 0 atom stereocenters. The van der Waals surface area contributed by atoms with E-state index in [1.54, 1.807) is 25.1 Å². The number of imide groups is 1. The summed E-state index contributed by atoms with van der Waals surface area (Å²) in [5, 5.41) is 2.45. The molecule has 1 aliphatic heterocycles. The van der Waals surface area contributed by atoms with Crippen molar-refractivity contribution in [2.24, 2.45) is 0 Å². The second kappa shape index (κ2) is 10.0. The summed E-state index contributed by atoms with van der Waals surface area (Å²) in [6.45, 7) is -1.72. The van der Waals surface area contributed by atoms with E-state index in [1.807, 2.05) is 0 Å². The number of rotatable bonds is 7. The molecule has 3 amide bonds. The average Bonchev–Trinajstić information content (AvgIpc) is 2.98. The standard InChI is InChI=1S/C21H17ClF2N2O5S/c1-11-3-5-13(22)9-14(11)25-18(27)10-26-19(28)17(32-21(26)29)8-12-4-6-15(31-20(23)24)16(7-12)30-2/h3-9,20H,10H2,1-2H3,(H,25,27)/b17-8-. The third-order valence-electron chi connectivity index (χ3n) is 4.35. The highest BCUT2D eigenvalue weighted by Gasteiger charge is 2.36. The van der Waals surface area contributed by atoms with Gasteiger partial charge in [-0.05, 0) is 60.2 Å². The Morgan fingerprint density at radius 3 is 2.66 bits per heavy atom. The van der Waals surface area contributed by atoms with Crippen LogP contribution in [0, 0.1) is 6.92 Å². The van der Waals surface area contributed by atoms with Crippen LogP contribution in [0.4, 0.5) is 19.3 Å². The molecule has 0 aliphatic carbocycles. The molecule has 0 spiro atoms. The van der Waals surface area contributed by atoms with E-state index in [1.165, 1.54) is 31.4 Å². The predicted octanol–water partition coefficient (Wildman–Crippen LogP) is 4.93. The zero-order valence-corrected chi connectivity index (χ0v) is 18.4. The molecule has 0 saturated carbocycles. The number of hydrogen-bond acceptors (Lipinski definition) is 6. The molecule has 0 unspecified atom stereocenters. The largest absolute Gasteiger partial charge is 0.493 e. The maximum absolute atomic E-state index is 12.7. The fourth-order valence-corrected chi connectivity index (χ4v) is 3.83. The Morgan fingerprint density at radius 1 is 1.22 bits per heavy atom. The van der Waals surface area contributed by atoms with E-state index in [-0.39, 0.29) is 16.4 Å². The van der Waals surface area contributed by atoms with Gasteiger partial charge in [-0.15, -0.1) is 0 Å². The minimum atomic E-state index is -3.02. The number of anilines is 1. The summed E-state index contributed by atoms with van der Waals surface area (Å²) in [7, 11) is 1.28.